The number of amides is 1. The van der Waals surface area contributed by atoms with Crippen molar-refractivity contribution in [3.05, 3.63) is 37.6 Å². The molecule has 0 bridgehead atoms. The van der Waals surface area contributed by atoms with Crippen LogP contribution in [0.15, 0.2) is 17.1 Å². The molecule has 0 aliphatic carbocycles. The topological polar surface area (TPSA) is 97.6 Å². The van der Waals surface area contributed by atoms with E-state index in [1.807, 2.05) is 0 Å². The summed E-state index contributed by atoms with van der Waals surface area (Å²) in [4.78, 5) is 24.8. The van der Waals surface area contributed by atoms with E-state index in [-0.39, 0.29) is 17.4 Å². The molecule has 0 unspecified atom stereocenters. The second-order valence-electron chi connectivity index (χ2n) is 4.21. The number of nitrogens with one attached hydrogen (secondary N) is 3. The van der Waals surface area contributed by atoms with Crippen LogP contribution in [0.1, 0.15) is 22.1 Å². The van der Waals surface area contributed by atoms with Gasteiger partial charge in [0, 0.05) is 30.8 Å². The lowest BCUT2D eigenvalue weighted by molar-refractivity contribution is 0.0591. The molecule has 1 saturated heterocycles. The van der Waals surface area contributed by atoms with E-state index in [4.69, 9.17) is 0 Å². The van der Waals surface area contributed by atoms with Gasteiger partial charge in [-0.05, 0) is 22.6 Å². The van der Waals surface area contributed by atoms with Crippen LogP contribution in [0.2, 0.25) is 0 Å². The largest absolute Gasteiger partial charge is 0.336 e. The molecule has 1 aliphatic heterocycles. The molecule has 18 heavy (non-hydrogen) atoms. The average molecular weight is 359 g/mol. The molecule has 7 nitrogen and oxygen atoms in total. The third kappa shape index (κ3) is 1.85. The van der Waals surface area contributed by atoms with Gasteiger partial charge in [-0.25, -0.2) is 0 Å². The first-order valence-corrected chi connectivity index (χ1v) is 6.49. The summed E-state index contributed by atoms with van der Waals surface area (Å²) in [6.45, 7) is 1.23. The van der Waals surface area contributed by atoms with Crippen molar-refractivity contribution in [1.82, 2.24) is 25.3 Å². The summed E-state index contributed by atoms with van der Waals surface area (Å²) in [5.41, 5.74) is 1.23. The lowest BCUT2D eigenvalue weighted by Crippen LogP contribution is -2.48. The minimum absolute atomic E-state index is 0.0500. The van der Waals surface area contributed by atoms with E-state index in [1.54, 1.807) is 11.1 Å². The first-order valence-electron chi connectivity index (χ1n) is 5.41. The molecule has 1 amide bonds. The standard InChI is InChI=1S/C10H10IN5O2/c11-6-2-12-15-9(6)10(18)16-3-5(4-16)7-1-8(17)14-13-7/h1-2,5H,3-4H2,(H,12,15)(H2,13,14,17). The highest BCUT2D eigenvalue weighted by Gasteiger charge is 2.34. The average Bonchev–Trinajstić information content (AvgIpc) is 2.85. The van der Waals surface area contributed by atoms with E-state index in [1.165, 1.54) is 6.07 Å². The number of rotatable bonds is 2. The van der Waals surface area contributed by atoms with Crippen molar-refractivity contribution in [2.24, 2.45) is 0 Å². The van der Waals surface area contributed by atoms with Crippen molar-refractivity contribution in [3.8, 4) is 0 Å². The molecule has 94 valence electrons. The first kappa shape index (κ1) is 11.5. The van der Waals surface area contributed by atoms with E-state index >= 15 is 0 Å². The van der Waals surface area contributed by atoms with E-state index in [9.17, 15) is 9.59 Å². The third-order valence-electron chi connectivity index (χ3n) is 3.03. The summed E-state index contributed by atoms with van der Waals surface area (Å²) < 4.78 is 0.816. The number of carbonyl (C=O) groups excluding carboxylic acids is 1. The SMILES string of the molecule is O=C(c1[nH]ncc1I)N1CC(c2cc(=O)[nH][nH]2)C1. The van der Waals surface area contributed by atoms with Crippen LogP contribution >= 0.6 is 22.6 Å². The number of hydrogen-bond acceptors (Lipinski definition) is 3. The first-order chi connectivity index (χ1) is 8.65. The van der Waals surface area contributed by atoms with Gasteiger partial charge >= 0.3 is 0 Å². The monoisotopic (exact) mass is 359 g/mol. The van der Waals surface area contributed by atoms with Gasteiger partial charge in [0.25, 0.3) is 11.5 Å². The molecule has 0 atom stereocenters. The van der Waals surface area contributed by atoms with E-state index < -0.39 is 0 Å². The minimum atomic E-state index is -0.141. The van der Waals surface area contributed by atoms with Crippen molar-refractivity contribution in [2.75, 3.05) is 13.1 Å². The van der Waals surface area contributed by atoms with Crippen LogP contribution in [0.25, 0.3) is 0 Å². The summed E-state index contributed by atoms with van der Waals surface area (Å²) in [6, 6.07) is 1.53. The Morgan fingerprint density at radius 2 is 2.22 bits per heavy atom. The highest BCUT2D eigenvalue weighted by Crippen LogP contribution is 2.26. The van der Waals surface area contributed by atoms with E-state index in [0.717, 1.165) is 9.26 Å². The summed E-state index contributed by atoms with van der Waals surface area (Å²) in [7, 11) is 0. The molecule has 1 fully saturated rings. The Hall–Kier alpha value is -1.58. The Bertz CT molecular complexity index is 636. The Kier molecular flexibility index (Phi) is 2.73. The number of aromatic nitrogens is 4. The molecule has 3 heterocycles. The lowest BCUT2D eigenvalue weighted by atomic mass is 9.96. The van der Waals surface area contributed by atoms with Gasteiger partial charge in [-0.15, -0.1) is 0 Å². The minimum Gasteiger partial charge on any atom is -0.336 e. The Balaban J connectivity index is 1.67. The summed E-state index contributed by atoms with van der Waals surface area (Å²) in [5, 5.41) is 11.8. The second kappa shape index (κ2) is 4.26. The van der Waals surface area contributed by atoms with Crippen molar-refractivity contribution in [1.29, 1.82) is 0 Å². The zero-order valence-electron chi connectivity index (χ0n) is 9.24. The van der Waals surface area contributed by atoms with Crippen LogP contribution < -0.4 is 5.56 Å². The molecule has 0 saturated carbocycles. The fourth-order valence-corrected chi connectivity index (χ4v) is 2.48. The predicted molar refractivity (Wildman–Crippen MR) is 71.4 cm³/mol. The lowest BCUT2D eigenvalue weighted by Gasteiger charge is -2.38. The van der Waals surface area contributed by atoms with Gasteiger partial charge in [-0.3, -0.25) is 19.8 Å². The highest BCUT2D eigenvalue weighted by molar-refractivity contribution is 14.1. The molecule has 0 spiro atoms. The van der Waals surface area contributed by atoms with Gasteiger partial charge in [0.15, 0.2) is 0 Å². The number of nitrogens with zero attached hydrogens (tertiary/aromatic N) is 2. The quantitative estimate of drug-likeness (QED) is 0.672. The highest BCUT2D eigenvalue weighted by atomic mass is 127. The molecule has 0 aromatic carbocycles. The van der Waals surface area contributed by atoms with Crippen LogP contribution in [0.4, 0.5) is 0 Å². The number of hydrogen-bond donors (Lipinski definition) is 3. The van der Waals surface area contributed by atoms with Gasteiger partial charge in [0.05, 0.1) is 9.77 Å². The maximum absolute atomic E-state index is 12.1. The maximum Gasteiger partial charge on any atom is 0.273 e. The summed E-state index contributed by atoms with van der Waals surface area (Å²) in [6.07, 6.45) is 1.62. The van der Waals surface area contributed by atoms with Gasteiger partial charge in [-0.1, -0.05) is 0 Å². The summed E-state index contributed by atoms with van der Waals surface area (Å²) in [5.74, 6) is 0.152. The number of aromatic amines is 3. The predicted octanol–water partition coefficient (Wildman–Crippen LogP) is 0.270. The van der Waals surface area contributed by atoms with Gasteiger partial charge in [0.2, 0.25) is 0 Å². The Labute approximate surface area is 115 Å². The second-order valence-corrected chi connectivity index (χ2v) is 5.38. The molecule has 3 rings (SSSR count). The Morgan fingerprint density at radius 3 is 2.78 bits per heavy atom. The Morgan fingerprint density at radius 1 is 1.44 bits per heavy atom. The molecule has 0 radical (unpaired) electrons. The van der Waals surface area contributed by atoms with Crippen molar-refractivity contribution >= 4 is 28.5 Å². The molecule has 8 heteroatoms. The van der Waals surface area contributed by atoms with Crippen molar-refractivity contribution < 1.29 is 4.79 Å². The zero-order valence-corrected chi connectivity index (χ0v) is 11.4. The van der Waals surface area contributed by atoms with Gasteiger partial charge in [-0.2, -0.15) is 5.10 Å². The molecule has 2 aromatic rings. The third-order valence-corrected chi connectivity index (χ3v) is 3.85. The normalized spacial score (nSPS) is 15.7. The molecule has 2 aromatic heterocycles. The van der Waals surface area contributed by atoms with Gasteiger partial charge in [0.1, 0.15) is 5.69 Å². The smallest absolute Gasteiger partial charge is 0.273 e. The number of likely N-dealkylation sites (tertiary alicyclic amines) is 1. The van der Waals surface area contributed by atoms with Crippen LogP contribution in [0.3, 0.4) is 0 Å². The van der Waals surface area contributed by atoms with Crippen LogP contribution in [0, 0.1) is 3.57 Å². The van der Waals surface area contributed by atoms with Crippen molar-refractivity contribution in [2.45, 2.75) is 5.92 Å². The molecule has 1 aliphatic rings. The van der Waals surface area contributed by atoms with E-state index in [0.29, 0.717) is 18.8 Å². The number of H-pyrrole nitrogens is 3. The summed E-state index contributed by atoms with van der Waals surface area (Å²) >= 11 is 2.07. The van der Waals surface area contributed by atoms with Crippen LogP contribution in [-0.2, 0) is 0 Å². The molecular formula is C10H10IN5O2. The van der Waals surface area contributed by atoms with Gasteiger partial charge < -0.3 is 10.00 Å². The van der Waals surface area contributed by atoms with Crippen molar-refractivity contribution in [3.63, 3.8) is 0 Å². The maximum atomic E-state index is 12.1. The van der Waals surface area contributed by atoms with Crippen LogP contribution in [-0.4, -0.2) is 44.3 Å². The number of halogens is 1. The molecule has 3 N–H and O–H groups in total. The zero-order chi connectivity index (χ0) is 12.7. The molecular weight excluding hydrogens is 349 g/mol. The van der Waals surface area contributed by atoms with E-state index in [2.05, 4.69) is 43.0 Å². The fraction of sp³-hybridized carbons (Fsp3) is 0.300. The number of carbonyl (C=O) groups is 1. The fourth-order valence-electron chi connectivity index (χ4n) is 1.99. The van der Waals surface area contributed by atoms with Crippen LogP contribution in [0.5, 0.6) is 0 Å².